The molecule has 0 heterocycles. The van der Waals surface area contributed by atoms with Gasteiger partial charge in [0.1, 0.15) is 18.1 Å². The number of aliphatic hydroxyl groups is 2. The minimum Gasteiger partial charge on any atom is -0.480 e. The van der Waals surface area contributed by atoms with Crippen LogP contribution in [0, 0.1) is 0 Å². The number of primary amides is 2. The van der Waals surface area contributed by atoms with Crippen molar-refractivity contribution in [3.8, 4) is 0 Å². The zero-order chi connectivity index (χ0) is 23.4. The van der Waals surface area contributed by atoms with E-state index in [1.165, 1.54) is 0 Å². The van der Waals surface area contributed by atoms with Gasteiger partial charge >= 0.3 is 5.97 Å². The van der Waals surface area contributed by atoms with Crippen LogP contribution >= 0.6 is 0 Å². The minimum atomic E-state index is -1.70. The largest absolute Gasteiger partial charge is 0.480 e. The fourth-order valence-electron chi connectivity index (χ4n) is 2.04. The van der Waals surface area contributed by atoms with Gasteiger partial charge in [-0.25, -0.2) is 4.79 Å². The van der Waals surface area contributed by atoms with Crippen LogP contribution in [0.15, 0.2) is 0 Å². The Morgan fingerprint density at radius 3 is 1.53 bits per heavy atom. The van der Waals surface area contributed by atoms with E-state index in [1.54, 1.807) is 0 Å². The standard InChI is InChI=1S/C15H26N6O9/c16-6(1-2-10(17)24)12(26)20-8(4-22)14(28)21-9(5-23)13(27)19-7(15(29)30)3-11(18)25/h6-9,22-23H,1-5,16H2,(H2,17,24)(H2,18,25)(H,19,27)(H,20,26)(H,21,28)(H,29,30). The third-order valence-corrected chi connectivity index (χ3v) is 3.69. The van der Waals surface area contributed by atoms with Gasteiger partial charge in [0.05, 0.1) is 25.7 Å². The number of amides is 5. The molecule has 4 atom stereocenters. The number of carbonyl (C=O) groups is 6. The Morgan fingerprint density at radius 2 is 1.17 bits per heavy atom. The molecule has 0 spiro atoms. The molecule has 0 bridgehead atoms. The maximum atomic E-state index is 12.2. The summed E-state index contributed by atoms with van der Waals surface area (Å²) in [6.07, 6.45) is -1.03. The van der Waals surface area contributed by atoms with Gasteiger partial charge in [-0.1, -0.05) is 0 Å². The van der Waals surface area contributed by atoms with Crippen molar-refractivity contribution in [3.05, 3.63) is 0 Å². The van der Waals surface area contributed by atoms with Crippen molar-refractivity contribution < 1.29 is 44.1 Å². The zero-order valence-corrected chi connectivity index (χ0v) is 15.9. The first-order chi connectivity index (χ1) is 13.9. The van der Waals surface area contributed by atoms with Gasteiger partial charge in [-0.2, -0.15) is 0 Å². The van der Waals surface area contributed by atoms with Crippen LogP contribution in [0.25, 0.3) is 0 Å². The van der Waals surface area contributed by atoms with Gasteiger partial charge in [-0.05, 0) is 6.42 Å². The van der Waals surface area contributed by atoms with Crippen LogP contribution in [-0.2, 0) is 28.8 Å². The molecule has 0 aliphatic carbocycles. The molecule has 0 aromatic heterocycles. The summed E-state index contributed by atoms with van der Waals surface area (Å²) in [6, 6.07) is -6.14. The summed E-state index contributed by atoms with van der Waals surface area (Å²) in [5, 5.41) is 33.6. The molecule has 15 nitrogen and oxygen atoms in total. The molecule has 15 heteroatoms. The van der Waals surface area contributed by atoms with E-state index in [4.69, 9.17) is 22.3 Å². The number of carbonyl (C=O) groups excluding carboxylic acids is 5. The topological polar surface area (TPSA) is 277 Å². The van der Waals surface area contributed by atoms with Crippen LogP contribution in [0.1, 0.15) is 19.3 Å². The molecule has 0 fully saturated rings. The molecular formula is C15H26N6O9. The van der Waals surface area contributed by atoms with Crippen molar-refractivity contribution in [2.24, 2.45) is 17.2 Å². The van der Waals surface area contributed by atoms with E-state index in [0.717, 1.165) is 0 Å². The molecule has 0 rings (SSSR count). The molecule has 5 amide bonds. The Labute approximate surface area is 170 Å². The highest BCUT2D eigenvalue weighted by atomic mass is 16.4. The van der Waals surface area contributed by atoms with E-state index in [-0.39, 0.29) is 12.8 Å². The summed E-state index contributed by atoms with van der Waals surface area (Å²) in [4.78, 5) is 68.8. The average Bonchev–Trinajstić information content (AvgIpc) is 2.66. The zero-order valence-electron chi connectivity index (χ0n) is 15.9. The number of rotatable bonds is 14. The molecule has 0 saturated carbocycles. The fourth-order valence-corrected chi connectivity index (χ4v) is 2.04. The lowest BCUT2D eigenvalue weighted by Gasteiger charge is -2.23. The number of nitrogens with one attached hydrogen (secondary N) is 3. The molecule has 12 N–H and O–H groups in total. The molecule has 4 unspecified atom stereocenters. The number of carboxylic acid groups (broad SMARTS) is 1. The van der Waals surface area contributed by atoms with Crippen molar-refractivity contribution in [2.75, 3.05) is 13.2 Å². The van der Waals surface area contributed by atoms with E-state index in [0.29, 0.717) is 0 Å². The second-order valence-corrected chi connectivity index (χ2v) is 6.17. The summed E-state index contributed by atoms with van der Waals surface area (Å²) in [7, 11) is 0. The van der Waals surface area contributed by atoms with Gasteiger partial charge in [0.2, 0.25) is 29.5 Å². The van der Waals surface area contributed by atoms with Crippen LogP contribution in [0.4, 0.5) is 0 Å². The van der Waals surface area contributed by atoms with E-state index in [1.807, 2.05) is 10.6 Å². The first kappa shape index (κ1) is 26.7. The third kappa shape index (κ3) is 9.76. The Balaban J connectivity index is 4.97. The van der Waals surface area contributed by atoms with Crippen molar-refractivity contribution >= 4 is 35.5 Å². The molecule has 170 valence electrons. The highest BCUT2D eigenvalue weighted by Gasteiger charge is 2.30. The number of aliphatic carboxylic acids is 1. The van der Waals surface area contributed by atoms with Crippen molar-refractivity contribution in [2.45, 2.75) is 43.4 Å². The summed E-state index contributed by atoms with van der Waals surface area (Å²) in [6.45, 7) is -1.87. The van der Waals surface area contributed by atoms with Crippen LogP contribution in [0.2, 0.25) is 0 Å². The predicted molar refractivity (Wildman–Crippen MR) is 97.8 cm³/mol. The highest BCUT2D eigenvalue weighted by Crippen LogP contribution is 1.97. The van der Waals surface area contributed by atoms with Crippen LogP contribution < -0.4 is 33.2 Å². The van der Waals surface area contributed by atoms with E-state index >= 15 is 0 Å². The van der Waals surface area contributed by atoms with E-state index in [9.17, 15) is 39.0 Å². The average molecular weight is 434 g/mol. The highest BCUT2D eigenvalue weighted by molar-refractivity contribution is 5.95. The van der Waals surface area contributed by atoms with Gasteiger partial charge < -0.3 is 48.5 Å². The van der Waals surface area contributed by atoms with Gasteiger partial charge in [0, 0.05) is 6.42 Å². The number of nitrogens with two attached hydrogens (primary N) is 3. The number of hydrogen-bond donors (Lipinski definition) is 9. The number of aliphatic hydroxyl groups excluding tert-OH is 2. The second kappa shape index (κ2) is 13.0. The second-order valence-electron chi connectivity index (χ2n) is 6.17. The fraction of sp³-hybridized carbons (Fsp3) is 0.600. The molecular weight excluding hydrogens is 408 g/mol. The molecule has 0 radical (unpaired) electrons. The Kier molecular flexibility index (Phi) is 11.6. The molecule has 0 aliphatic rings. The summed E-state index contributed by atoms with van der Waals surface area (Å²) >= 11 is 0. The van der Waals surface area contributed by atoms with Gasteiger partial charge in [0.15, 0.2) is 0 Å². The van der Waals surface area contributed by atoms with Gasteiger partial charge in [0.25, 0.3) is 0 Å². The lowest BCUT2D eigenvalue weighted by molar-refractivity contribution is -0.144. The molecule has 0 aliphatic heterocycles. The monoisotopic (exact) mass is 434 g/mol. The minimum absolute atomic E-state index is 0.112. The molecule has 30 heavy (non-hydrogen) atoms. The lowest BCUT2D eigenvalue weighted by atomic mass is 10.1. The SMILES string of the molecule is NC(=O)CCC(N)C(=O)NC(CO)C(=O)NC(CO)C(=O)NC(CC(N)=O)C(=O)O. The van der Waals surface area contributed by atoms with Crippen molar-refractivity contribution in [1.82, 2.24) is 16.0 Å². The maximum Gasteiger partial charge on any atom is 0.326 e. The summed E-state index contributed by atoms with van der Waals surface area (Å²) in [5.41, 5.74) is 15.4. The lowest BCUT2D eigenvalue weighted by Crippen LogP contribution is -2.59. The van der Waals surface area contributed by atoms with Crippen LogP contribution in [0.5, 0.6) is 0 Å². The summed E-state index contributed by atoms with van der Waals surface area (Å²) in [5.74, 6) is -6.41. The first-order valence-electron chi connectivity index (χ1n) is 8.60. The number of carboxylic acids is 1. The predicted octanol–water partition coefficient (Wildman–Crippen LogP) is -6.02. The molecule has 0 aromatic rings. The molecule has 0 saturated heterocycles. The van der Waals surface area contributed by atoms with Gasteiger partial charge in [-0.3, -0.25) is 24.0 Å². The molecule has 0 aromatic carbocycles. The van der Waals surface area contributed by atoms with Crippen LogP contribution in [0.3, 0.4) is 0 Å². The summed E-state index contributed by atoms with van der Waals surface area (Å²) < 4.78 is 0. The third-order valence-electron chi connectivity index (χ3n) is 3.69. The smallest absolute Gasteiger partial charge is 0.326 e. The number of hydrogen-bond acceptors (Lipinski definition) is 9. The van der Waals surface area contributed by atoms with Crippen LogP contribution in [-0.4, -0.2) is 88.2 Å². The Bertz CT molecular complexity index is 671. The first-order valence-corrected chi connectivity index (χ1v) is 8.60. The Morgan fingerprint density at radius 1 is 0.733 bits per heavy atom. The van der Waals surface area contributed by atoms with Crippen molar-refractivity contribution in [1.29, 1.82) is 0 Å². The maximum absolute atomic E-state index is 12.2. The van der Waals surface area contributed by atoms with Gasteiger partial charge in [-0.15, -0.1) is 0 Å². The Hall–Kier alpha value is -3.30. The van der Waals surface area contributed by atoms with Crippen molar-refractivity contribution in [3.63, 3.8) is 0 Å². The van der Waals surface area contributed by atoms with E-state index < -0.39 is 79.3 Å². The quantitative estimate of drug-likeness (QED) is 0.125. The van der Waals surface area contributed by atoms with E-state index in [2.05, 4.69) is 5.32 Å². The normalized spacial score (nSPS) is 14.5.